The molecule has 3 heteroatoms. The van der Waals surface area contributed by atoms with Gasteiger partial charge in [-0.1, -0.05) is 17.7 Å². The van der Waals surface area contributed by atoms with Crippen LogP contribution in [0.1, 0.15) is 30.4 Å². The Kier molecular flexibility index (Phi) is 2.69. The van der Waals surface area contributed by atoms with Crippen molar-refractivity contribution in [3.63, 3.8) is 0 Å². The maximum Gasteiger partial charge on any atom is 0.306 e. The summed E-state index contributed by atoms with van der Waals surface area (Å²) in [5.41, 5.74) is 3.21. The summed E-state index contributed by atoms with van der Waals surface area (Å²) in [4.78, 5) is 11.3. The molecule has 0 saturated heterocycles. The molecule has 0 fully saturated rings. The molecule has 2 rings (SSSR count). The van der Waals surface area contributed by atoms with Gasteiger partial charge in [-0.25, -0.2) is 0 Å². The number of hydrogen-bond donors (Lipinski definition) is 1. The van der Waals surface area contributed by atoms with Crippen molar-refractivity contribution in [2.75, 3.05) is 7.11 Å². The summed E-state index contributed by atoms with van der Waals surface area (Å²) in [6.45, 7) is 1.99. The molecule has 1 aliphatic rings. The van der Waals surface area contributed by atoms with E-state index in [0.717, 1.165) is 16.7 Å². The van der Waals surface area contributed by atoms with Crippen LogP contribution in [-0.2, 0) is 9.53 Å². The van der Waals surface area contributed by atoms with Gasteiger partial charge in [-0.15, -0.1) is 0 Å². The Hall–Kier alpha value is -1.77. The van der Waals surface area contributed by atoms with Gasteiger partial charge in [-0.3, -0.25) is 4.79 Å². The Bertz CT molecular complexity index is 460. The first kappa shape index (κ1) is 10.7. The maximum absolute atomic E-state index is 11.3. The summed E-state index contributed by atoms with van der Waals surface area (Å²) in [7, 11) is 1.40. The monoisotopic (exact) mass is 218 g/mol. The first-order valence-electron chi connectivity index (χ1n) is 5.19. The molecule has 1 aliphatic carbocycles. The lowest BCUT2D eigenvalue weighted by molar-refractivity contribution is -0.140. The molecule has 0 saturated carbocycles. The molecule has 16 heavy (non-hydrogen) atoms. The van der Waals surface area contributed by atoms with Gasteiger partial charge in [0.1, 0.15) is 5.75 Å². The van der Waals surface area contributed by atoms with E-state index in [9.17, 15) is 9.90 Å². The van der Waals surface area contributed by atoms with Crippen molar-refractivity contribution < 1.29 is 14.6 Å². The quantitative estimate of drug-likeness (QED) is 0.775. The van der Waals surface area contributed by atoms with E-state index < -0.39 is 0 Å². The van der Waals surface area contributed by atoms with Gasteiger partial charge in [0.05, 0.1) is 13.5 Å². The van der Waals surface area contributed by atoms with Crippen molar-refractivity contribution in [1.29, 1.82) is 0 Å². The van der Waals surface area contributed by atoms with Crippen LogP contribution < -0.4 is 0 Å². The third-order valence-electron chi connectivity index (χ3n) is 2.98. The normalized spacial score (nSPS) is 17.9. The lowest BCUT2D eigenvalue weighted by Gasteiger charge is -2.12. The Morgan fingerprint density at radius 3 is 2.94 bits per heavy atom. The molecule has 0 radical (unpaired) electrons. The fraction of sp³-hybridized carbons (Fsp3) is 0.308. The molecule has 0 aliphatic heterocycles. The van der Waals surface area contributed by atoms with Crippen LogP contribution in [0.25, 0.3) is 6.08 Å². The summed E-state index contributed by atoms with van der Waals surface area (Å²) < 4.78 is 4.68. The average Bonchev–Trinajstić information content (AvgIpc) is 2.54. The Labute approximate surface area is 94.4 Å². The van der Waals surface area contributed by atoms with Crippen LogP contribution in [0.4, 0.5) is 0 Å². The third-order valence-corrected chi connectivity index (χ3v) is 2.98. The minimum atomic E-state index is -0.210. The first-order valence-corrected chi connectivity index (χ1v) is 5.19. The fourth-order valence-corrected chi connectivity index (χ4v) is 2.12. The van der Waals surface area contributed by atoms with Crippen LogP contribution in [0.5, 0.6) is 5.75 Å². The Morgan fingerprint density at radius 1 is 1.50 bits per heavy atom. The molecule has 3 nitrogen and oxygen atoms in total. The highest BCUT2D eigenvalue weighted by Crippen LogP contribution is 2.39. The van der Waals surface area contributed by atoms with Gasteiger partial charge >= 0.3 is 5.97 Å². The molecule has 1 N–H and O–H groups in total. The van der Waals surface area contributed by atoms with E-state index in [2.05, 4.69) is 4.74 Å². The molecule has 0 aromatic heterocycles. The molecule has 1 aromatic rings. The molecule has 84 valence electrons. The average molecular weight is 218 g/mol. The van der Waals surface area contributed by atoms with E-state index in [4.69, 9.17) is 0 Å². The molecule has 1 unspecified atom stereocenters. The lowest BCUT2D eigenvalue weighted by Crippen LogP contribution is -2.07. The molecule has 0 heterocycles. The predicted molar refractivity (Wildman–Crippen MR) is 61.1 cm³/mol. The van der Waals surface area contributed by atoms with Gasteiger partial charge in [0.15, 0.2) is 0 Å². The number of rotatable bonds is 2. The number of aromatic hydroxyl groups is 1. The van der Waals surface area contributed by atoms with E-state index in [0.29, 0.717) is 6.42 Å². The van der Waals surface area contributed by atoms with Crippen molar-refractivity contribution in [3.05, 3.63) is 34.9 Å². The largest absolute Gasteiger partial charge is 0.508 e. The summed E-state index contributed by atoms with van der Waals surface area (Å²) in [6.07, 6.45) is 2.36. The van der Waals surface area contributed by atoms with Crippen LogP contribution in [0.3, 0.4) is 0 Å². The van der Waals surface area contributed by atoms with E-state index in [1.807, 2.05) is 19.1 Å². The SMILES string of the molecule is COC(=O)CC1C(C)=Cc2cc(O)ccc21. The van der Waals surface area contributed by atoms with Crippen molar-refractivity contribution in [3.8, 4) is 5.75 Å². The van der Waals surface area contributed by atoms with Gasteiger partial charge in [-0.05, 0) is 30.2 Å². The minimum Gasteiger partial charge on any atom is -0.508 e. The zero-order chi connectivity index (χ0) is 11.7. The van der Waals surface area contributed by atoms with Gasteiger partial charge in [-0.2, -0.15) is 0 Å². The zero-order valence-corrected chi connectivity index (χ0v) is 9.36. The van der Waals surface area contributed by atoms with Crippen LogP contribution in [0.15, 0.2) is 23.8 Å². The maximum atomic E-state index is 11.3. The van der Waals surface area contributed by atoms with Crippen molar-refractivity contribution >= 4 is 12.0 Å². The van der Waals surface area contributed by atoms with Gasteiger partial charge in [0, 0.05) is 5.92 Å². The van der Waals surface area contributed by atoms with Crippen LogP contribution in [-0.4, -0.2) is 18.2 Å². The fourth-order valence-electron chi connectivity index (χ4n) is 2.12. The van der Waals surface area contributed by atoms with Crippen molar-refractivity contribution in [2.24, 2.45) is 0 Å². The minimum absolute atomic E-state index is 0.0862. The van der Waals surface area contributed by atoms with Crippen LogP contribution in [0.2, 0.25) is 0 Å². The number of phenolic OH excluding ortho intramolecular Hbond substituents is 1. The summed E-state index contributed by atoms with van der Waals surface area (Å²) >= 11 is 0. The molecule has 1 atom stereocenters. The van der Waals surface area contributed by atoms with Gasteiger partial charge in [0.25, 0.3) is 0 Å². The van der Waals surface area contributed by atoms with Gasteiger partial charge < -0.3 is 9.84 Å². The Balaban J connectivity index is 2.31. The molecule has 0 spiro atoms. The number of benzene rings is 1. The first-order chi connectivity index (χ1) is 7.61. The second kappa shape index (κ2) is 4.00. The van der Waals surface area contributed by atoms with Crippen molar-refractivity contribution in [1.82, 2.24) is 0 Å². The highest BCUT2D eigenvalue weighted by molar-refractivity contribution is 5.75. The van der Waals surface area contributed by atoms with Crippen LogP contribution >= 0.6 is 0 Å². The number of allylic oxidation sites excluding steroid dienone is 1. The van der Waals surface area contributed by atoms with E-state index in [-0.39, 0.29) is 17.6 Å². The number of phenols is 1. The number of esters is 1. The smallest absolute Gasteiger partial charge is 0.306 e. The number of carbonyl (C=O) groups excluding carboxylic acids is 1. The highest BCUT2D eigenvalue weighted by atomic mass is 16.5. The number of carbonyl (C=O) groups is 1. The van der Waals surface area contributed by atoms with E-state index >= 15 is 0 Å². The zero-order valence-electron chi connectivity index (χ0n) is 9.36. The van der Waals surface area contributed by atoms with E-state index in [1.54, 1.807) is 12.1 Å². The molecular weight excluding hydrogens is 204 g/mol. The summed E-state index contributed by atoms with van der Waals surface area (Å²) in [5.74, 6) is 0.128. The molecule has 0 bridgehead atoms. The third kappa shape index (κ3) is 1.81. The van der Waals surface area contributed by atoms with Crippen molar-refractivity contribution in [2.45, 2.75) is 19.3 Å². The topological polar surface area (TPSA) is 46.5 Å². The van der Waals surface area contributed by atoms with E-state index in [1.165, 1.54) is 7.11 Å². The standard InChI is InChI=1S/C13H14O3/c1-8-5-9-6-10(14)3-4-11(9)12(8)7-13(15)16-2/h3-6,12,14H,7H2,1-2H3. The second-order valence-corrected chi connectivity index (χ2v) is 4.03. The summed E-state index contributed by atoms with van der Waals surface area (Å²) in [5, 5.41) is 9.38. The Morgan fingerprint density at radius 2 is 2.25 bits per heavy atom. The second-order valence-electron chi connectivity index (χ2n) is 4.03. The van der Waals surface area contributed by atoms with Crippen LogP contribution in [0, 0.1) is 0 Å². The molecule has 0 amide bonds. The molecular formula is C13H14O3. The molecule has 1 aromatic carbocycles. The number of methoxy groups -OCH3 is 1. The number of hydrogen-bond acceptors (Lipinski definition) is 3. The predicted octanol–water partition coefficient (Wildman–Crippen LogP) is 2.46. The lowest BCUT2D eigenvalue weighted by atomic mass is 9.93. The highest BCUT2D eigenvalue weighted by Gasteiger charge is 2.25. The number of ether oxygens (including phenoxy) is 1. The summed E-state index contributed by atoms with van der Waals surface area (Å²) in [6, 6.07) is 5.23. The van der Waals surface area contributed by atoms with Gasteiger partial charge in [0.2, 0.25) is 0 Å². The number of fused-ring (bicyclic) bond motifs is 1.